The number of halogens is 1. The first-order valence-electron chi connectivity index (χ1n) is 8.10. The predicted molar refractivity (Wildman–Crippen MR) is 103 cm³/mol. The van der Waals surface area contributed by atoms with Crippen molar-refractivity contribution < 1.29 is 9.21 Å². The van der Waals surface area contributed by atoms with E-state index in [2.05, 4.69) is 58.7 Å². The minimum Gasteiger partial charge on any atom is -0.451 e. The van der Waals surface area contributed by atoms with Gasteiger partial charge in [-0.25, -0.2) is 0 Å². The van der Waals surface area contributed by atoms with Gasteiger partial charge in [-0.2, -0.15) is 0 Å². The molecule has 0 N–H and O–H groups in total. The maximum absolute atomic E-state index is 12.3. The molecule has 4 nitrogen and oxygen atoms in total. The topological polar surface area (TPSA) is 36.7 Å². The zero-order valence-corrected chi connectivity index (χ0v) is 15.9. The normalized spacial score (nSPS) is 16.0. The molecule has 0 bridgehead atoms. The molecule has 2 aromatic rings. The number of rotatable bonds is 4. The van der Waals surface area contributed by atoms with E-state index in [9.17, 15) is 4.79 Å². The highest BCUT2D eigenvalue weighted by molar-refractivity contribution is 14.1. The Balaban J connectivity index is 1.49. The zero-order valence-electron chi connectivity index (χ0n) is 13.7. The van der Waals surface area contributed by atoms with Crippen LogP contribution in [-0.2, 0) is 11.3 Å². The van der Waals surface area contributed by atoms with Gasteiger partial charge in [0.1, 0.15) is 5.76 Å². The van der Waals surface area contributed by atoms with Gasteiger partial charge in [-0.1, -0.05) is 29.8 Å². The van der Waals surface area contributed by atoms with Gasteiger partial charge in [-0.05, 0) is 53.3 Å². The van der Waals surface area contributed by atoms with Crippen molar-refractivity contribution in [2.45, 2.75) is 13.5 Å². The highest BCUT2D eigenvalue weighted by Crippen LogP contribution is 2.13. The molecule has 0 unspecified atom stereocenters. The van der Waals surface area contributed by atoms with Gasteiger partial charge >= 0.3 is 0 Å². The zero-order chi connectivity index (χ0) is 16.9. The molecular weight excluding hydrogens is 415 g/mol. The van der Waals surface area contributed by atoms with Gasteiger partial charge in [0.25, 0.3) is 0 Å². The number of hydrogen-bond donors (Lipinski definition) is 0. The molecule has 0 spiro atoms. The van der Waals surface area contributed by atoms with E-state index in [1.165, 1.54) is 11.1 Å². The van der Waals surface area contributed by atoms with Crippen LogP contribution in [0.5, 0.6) is 0 Å². The summed E-state index contributed by atoms with van der Waals surface area (Å²) in [5.74, 6) is 0.766. The third-order valence-electron chi connectivity index (χ3n) is 4.16. The average molecular weight is 436 g/mol. The van der Waals surface area contributed by atoms with Gasteiger partial charge in [0.15, 0.2) is 3.77 Å². The molecule has 1 saturated heterocycles. The molecular formula is C19H21IN2O2. The number of amides is 1. The molecule has 2 heterocycles. The van der Waals surface area contributed by atoms with Crippen LogP contribution in [0.1, 0.15) is 16.9 Å². The van der Waals surface area contributed by atoms with Gasteiger partial charge in [0.05, 0.1) is 0 Å². The molecule has 0 radical (unpaired) electrons. The highest BCUT2D eigenvalue weighted by Gasteiger charge is 2.19. The van der Waals surface area contributed by atoms with Gasteiger partial charge in [0, 0.05) is 38.8 Å². The summed E-state index contributed by atoms with van der Waals surface area (Å²) in [5.41, 5.74) is 2.63. The van der Waals surface area contributed by atoms with E-state index in [1.807, 2.05) is 17.0 Å². The molecule has 1 aliphatic heterocycles. The van der Waals surface area contributed by atoms with Crippen molar-refractivity contribution in [3.05, 3.63) is 63.1 Å². The second-order valence-electron chi connectivity index (χ2n) is 6.07. The summed E-state index contributed by atoms with van der Waals surface area (Å²) in [4.78, 5) is 16.6. The number of carbonyl (C=O) groups is 1. The van der Waals surface area contributed by atoms with E-state index in [4.69, 9.17) is 4.42 Å². The van der Waals surface area contributed by atoms with Crippen molar-refractivity contribution in [3.8, 4) is 0 Å². The first kappa shape index (κ1) is 17.2. The van der Waals surface area contributed by atoms with Gasteiger partial charge in [-0.3, -0.25) is 9.69 Å². The average Bonchev–Trinajstić information content (AvgIpc) is 2.99. The lowest BCUT2D eigenvalue weighted by Gasteiger charge is -2.34. The number of hydrogen-bond acceptors (Lipinski definition) is 3. The van der Waals surface area contributed by atoms with Crippen LogP contribution in [-0.4, -0.2) is 41.9 Å². The number of carbonyl (C=O) groups excluding carboxylic acids is 1. The van der Waals surface area contributed by atoms with Crippen LogP contribution in [0.4, 0.5) is 0 Å². The summed E-state index contributed by atoms with van der Waals surface area (Å²) in [6.07, 6.45) is 3.34. The minimum atomic E-state index is 0.0524. The molecule has 1 fully saturated rings. The molecule has 0 aliphatic carbocycles. The summed E-state index contributed by atoms with van der Waals surface area (Å²) in [6.45, 7) is 6.42. The molecule has 126 valence electrons. The van der Waals surface area contributed by atoms with E-state index in [0.717, 1.165) is 36.5 Å². The fourth-order valence-electron chi connectivity index (χ4n) is 2.87. The molecule has 1 aliphatic rings. The minimum absolute atomic E-state index is 0.0524. The number of nitrogens with zero attached hydrogens (tertiary/aromatic N) is 2. The number of piperazine rings is 1. The smallest absolute Gasteiger partial charge is 0.246 e. The van der Waals surface area contributed by atoms with Crippen molar-refractivity contribution in [3.63, 3.8) is 0 Å². The van der Waals surface area contributed by atoms with Crippen LogP contribution in [0.15, 0.2) is 46.9 Å². The Labute approximate surface area is 156 Å². The quantitative estimate of drug-likeness (QED) is 0.544. The number of furan rings is 1. The SMILES string of the molecule is Cc1cccc(CN2CCN(C(=O)/C=C/c3ccc(I)o3)CC2)c1. The Bertz CT molecular complexity index is 730. The molecule has 1 aromatic heterocycles. The van der Waals surface area contributed by atoms with Gasteiger partial charge in [-0.15, -0.1) is 0 Å². The lowest BCUT2D eigenvalue weighted by atomic mass is 10.1. The highest BCUT2D eigenvalue weighted by atomic mass is 127. The van der Waals surface area contributed by atoms with Gasteiger partial charge < -0.3 is 9.32 Å². The summed E-state index contributed by atoms with van der Waals surface area (Å²) in [6, 6.07) is 12.4. The van der Waals surface area contributed by atoms with Crippen LogP contribution >= 0.6 is 22.6 Å². The van der Waals surface area contributed by atoms with E-state index >= 15 is 0 Å². The number of aryl methyl sites for hydroxylation is 1. The van der Waals surface area contributed by atoms with Crippen LogP contribution in [0.25, 0.3) is 6.08 Å². The maximum atomic E-state index is 12.3. The fraction of sp³-hybridized carbons (Fsp3) is 0.316. The summed E-state index contributed by atoms with van der Waals surface area (Å²) in [5, 5.41) is 0. The van der Waals surface area contributed by atoms with Crippen molar-refractivity contribution in [2.24, 2.45) is 0 Å². The molecule has 1 aromatic carbocycles. The Kier molecular flexibility index (Phi) is 5.73. The predicted octanol–water partition coefficient (Wildman–Crippen LogP) is 3.55. The molecule has 5 heteroatoms. The Hall–Kier alpha value is -1.60. The monoisotopic (exact) mass is 436 g/mol. The molecule has 0 saturated carbocycles. The molecule has 3 rings (SSSR count). The Morgan fingerprint density at radius 2 is 2.00 bits per heavy atom. The van der Waals surface area contributed by atoms with Crippen LogP contribution in [0, 0.1) is 10.7 Å². The van der Waals surface area contributed by atoms with E-state index in [-0.39, 0.29) is 5.91 Å². The first-order valence-corrected chi connectivity index (χ1v) is 9.18. The third-order valence-corrected chi connectivity index (χ3v) is 4.74. The fourth-order valence-corrected chi connectivity index (χ4v) is 3.31. The molecule has 24 heavy (non-hydrogen) atoms. The lowest BCUT2D eigenvalue weighted by molar-refractivity contribution is -0.127. The molecule has 1 amide bonds. The summed E-state index contributed by atoms with van der Waals surface area (Å²) < 4.78 is 6.26. The summed E-state index contributed by atoms with van der Waals surface area (Å²) >= 11 is 2.11. The third kappa shape index (κ3) is 4.70. The largest absolute Gasteiger partial charge is 0.451 e. The van der Waals surface area contributed by atoms with Gasteiger partial charge in [0.2, 0.25) is 5.91 Å². The van der Waals surface area contributed by atoms with Crippen LogP contribution in [0.3, 0.4) is 0 Å². The maximum Gasteiger partial charge on any atom is 0.246 e. The standard InChI is InChI=1S/C19H21IN2O2/c1-15-3-2-4-16(13-15)14-21-9-11-22(12-10-21)19(23)8-6-17-5-7-18(20)24-17/h2-8,13H,9-12,14H2,1H3/b8-6+. The van der Waals surface area contributed by atoms with E-state index in [0.29, 0.717) is 5.76 Å². The summed E-state index contributed by atoms with van der Waals surface area (Å²) in [7, 11) is 0. The molecule has 0 atom stereocenters. The van der Waals surface area contributed by atoms with Crippen LogP contribution < -0.4 is 0 Å². The Morgan fingerprint density at radius 3 is 2.67 bits per heavy atom. The Morgan fingerprint density at radius 1 is 1.21 bits per heavy atom. The van der Waals surface area contributed by atoms with Crippen molar-refractivity contribution in [1.82, 2.24) is 9.80 Å². The van der Waals surface area contributed by atoms with Crippen molar-refractivity contribution in [2.75, 3.05) is 26.2 Å². The van der Waals surface area contributed by atoms with Crippen LogP contribution in [0.2, 0.25) is 0 Å². The van der Waals surface area contributed by atoms with Crippen molar-refractivity contribution in [1.29, 1.82) is 0 Å². The van der Waals surface area contributed by atoms with E-state index in [1.54, 1.807) is 12.2 Å². The number of benzene rings is 1. The van der Waals surface area contributed by atoms with E-state index < -0.39 is 0 Å². The second-order valence-corrected chi connectivity index (χ2v) is 7.13. The van der Waals surface area contributed by atoms with Crippen molar-refractivity contribution >= 4 is 34.6 Å². The first-order chi connectivity index (χ1) is 11.6. The lowest BCUT2D eigenvalue weighted by Crippen LogP contribution is -2.47. The second kappa shape index (κ2) is 7.98.